The molecule has 0 unspecified atom stereocenters. The second-order valence-electron chi connectivity index (χ2n) is 3.56. The summed E-state index contributed by atoms with van der Waals surface area (Å²) in [5.41, 5.74) is 7.72. The molecule has 1 aromatic carbocycles. The Morgan fingerprint density at radius 3 is 2.53 bits per heavy atom. The number of ether oxygens (including phenoxy) is 1. The molecular formula is C13H13NO2S. The average molecular weight is 247 g/mol. The molecule has 4 heteroatoms. The van der Waals surface area contributed by atoms with E-state index in [1.165, 1.54) is 18.4 Å². The van der Waals surface area contributed by atoms with Gasteiger partial charge in [-0.2, -0.15) is 0 Å². The molecule has 0 fully saturated rings. The predicted molar refractivity (Wildman–Crippen MR) is 69.0 cm³/mol. The van der Waals surface area contributed by atoms with Crippen molar-refractivity contribution in [1.29, 1.82) is 0 Å². The highest BCUT2D eigenvalue weighted by Gasteiger charge is 2.09. The van der Waals surface area contributed by atoms with E-state index in [4.69, 9.17) is 5.73 Å². The Bertz CT molecular complexity index is 516. The van der Waals surface area contributed by atoms with Crippen LogP contribution in [0.25, 0.3) is 10.4 Å². The summed E-state index contributed by atoms with van der Waals surface area (Å²) in [4.78, 5) is 13.0. The van der Waals surface area contributed by atoms with E-state index in [0.717, 1.165) is 16.0 Å². The number of benzene rings is 1. The molecule has 0 spiro atoms. The lowest BCUT2D eigenvalue weighted by molar-refractivity contribution is 0.0606. The fourth-order valence-electron chi connectivity index (χ4n) is 1.51. The Balaban J connectivity index is 2.27. The minimum Gasteiger partial charge on any atom is -0.465 e. The molecule has 0 saturated carbocycles. The van der Waals surface area contributed by atoms with E-state index in [1.54, 1.807) is 6.07 Å². The molecule has 0 aliphatic carbocycles. The summed E-state index contributed by atoms with van der Waals surface area (Å²) in [6.07, 6.45) is 0. The highest BCUT2D eigenvalue weighted by molar-refractivity contribution is 7.17. The predicted octanol–water partition coefficient (Wildman–Crippen LogP) is 2.66. The Hall–Kier alpha value is -1.65. The van der Waals surface area contributed by atoms with Crippen LogP contribution in [0.5, 0.6) is 0 Å². The van der Waals surface area contributed by atoms with E-state index in [1.807, 2.05) is 30.3 Å². The van der Waals surface area contributed by atoms with Gasteiger partial charge in [0.25, 0.3) is 0 Å². The smallest absolute Gasteiger partial charge is 0.348 e. The number of carbonyl (C=O) groups excluding carboxylic acids is 1. The van der Waals surface area contributed by atoms with Crippen LogP contribution >= 0.6 is 11.3 Å². The van der Waals surface area contributed by atoms with Gasteiger partial charge >= 0.3 is 5.97 Å². The summed E-state index contributed by atoms with van der Waals surface area (Å²) in [6.45, 7) is 0.540. The van der Waals surface area contributed by atoms with Crippen LogP contribution in [0.4, 0.5) is 0 Å². The minimum absolute atomic E-state index is 0.292. The first-order valence-corrected chi connectivity index (χ1v) is 6.04. The molecule has 0 aliphatic rings. The normalized spacial score (nSPS) is 10.2. The summed E-state index contributed by atoms with van der Waals surface area (Å²) in [5.74, 6) is -0.292. The van der Waals surface area contributed by atoms with Gasteiger partial charge in [0.2, 0.25) is 0 Å². The number of carbonyl (C=O) groups is 1. The number of thiophene rings is 1. The van der Waals surface area contributed by atoms with Crippen molar-refractivity contribution in [2.24, 2.45) is 5.73 Å². The molecule has 0 atom stereocenters. The standard InChI is InChI=1S/C13H13NO2S/c1-16-13(15)12-7-6-11(17-12)10-4-2-9(8-14)3-5-10/h2-7H,8,14H2,1H3. The summed E-state index contributed by atoms with van der Waals surface area (Å²) in [7, 11) is 1.39. The molecule has 3 nitrogen and oxygen atoms in total. The van der Waals surface area contributed by atoms with Crippen molar-refractivity contribution in [2.45, 2.75) is 6.54 Å². The van der Waals surface area contributed by atoms with Crippen molar-refractivity contribution >= 4 is 17.3 Å². The maximum absolute atomic E-state index is 11.3. The van der Waals surface area contributed by atoms with Gasteiger partial charge in [-0.25, -0.2) is 4.79 Å². The summed E-state index contributed by atoms with van der Waals surface area (Å²) in [5, 5.41) is 0. The number of hydrogen-bond acceptors (Lipinski definition) is 4. The Morgan fingerprint density at radius 2 is 1.94 bits per heavy atom. The molecule has 2 aromatic rings. The SMILES string of the molecule is COC(=O)c1ccc(-c2ccc(CN)cc2)s1. The molecule has 0 saturated heterocycles. The molecule has 2 rings (SSSR count). The first kappa shape index (κ1) is 11.8. The van der Waals surface area contributed by atoms with Gasteiger partial charge in [0.1, 0.15) is 4.88 Å². The largest absolute Gasteiger partial charge is 0.465 e. The van der Waals surface area contributed by atoms with Crippen LogP contribution in [0.1, 0.15) is 15.2 Å². The second kappa shape index (κ2) is 5.12. The maximum atomic E-state index is 11.3. The molecule has 0 aliphatic heterocycles. The van der Waals surface area contributed by atoms with Gasteiger partial charge in [0.15, 0.2) is 0 Å². The van der Waals surface area contributed by atoms with Gasteiger partial charge in [-0.15, -0.1) is 11.3 Å². The summed E-state index contributed by atoms with van der Waals surface area (Å²) >= 11 is 1.43. The minimum atomic E-state index is -0.292. The third-order valence-corrected chi connectivity index (χ3v) is 3.58. The van der Waals surface area contributed by atoms with Gasteiger partial charge in [-0.3, -0.25) is 0 Å². The van der Waals surface area contributed by atoms with Crippen LogP contribution in [0.15, 0.2) is 36.4 Å². The van der Waals surface area contributed by atoms with Gasteiger partial charge < -0.3 is 10.5 Å². The molecule has 1 heterocycles. The molecule has 0 bridgehead atoms. The van der Waals surface area contributed by atoms with E-state index >= 15 is 0 Å². The van der Waals surface area contributed by atoms with E-state index < -0.39 is 0 Å². The Morgan fingerprint density at radius 1 is 1.24 bits per heavy atom. The maximum Gasteiger partial charge on any atom is 0.348 e. The molecule has 2 N–H and O–H groups in total. The lowest BCUT2D eigenvalue weighted by Gasteiger charge is -1.99. The fourth-order valence-corrected chi connectivity index (χ4v) is 2.44. The number of rotatable bonds is 3. The van der Waals surface area contributed by atoms with Crippen LogP contribution < -0.4 is 5.73 Å². The monoisotopic (exact) mass is 247 g/mol. The number of nitrogens with two attached hydrogens (primary N) is 1. The molecule has 0 amide bonds. The average Bonchev–Trinajstić information content (AvgIpc) is 2.87. The van der Waals surface area contributed by atoms with Gasteiger partial charge in [-0.05, 0) is 23.3 Å². The number of methoxy groups -OCH3 is 1. The zero-order valence-corrected chi connectivity index (χ0v) is 10.3. The lowest BCUT2D eigenvalue weighted by Crippen LogP contribution is -1.96. The van der Waals surface area contributed by atoms with Crippen molar-refractivity contribution in [3.8, 4) is 10.4 Å². The van der Waals surface area contributed by atoms with E-state index in [2.05, 4.69) is 4.74 Å². The zero-order chi connectivity index (χ0) is 12.3. The third-order valence-electron chi connectivity index (χ3n) is 2.47. The van der Waals surface area contributed by atoms with Crippen LogP contribution in [0, 0.1) is 0 Å². The highest BCUT2D eigenvalue weighted by Crippen LogP contribution is 2.28. The van der Waals surface area contributed by atoms with Gasteiger partial charge in [0, 0.05) is 11.4 Å². The third kappa shape index (κ3) is 2.54. The van der Waals surface area contributed by atoms with Gasteiger partial charge in [-0.1, -0.05) is 24.3 Å². The lowest BCUT2D eigenvalue weighted by atomic mass is 10.1. The van der Waals surface area contributed by atoms with E-state index in [0.29, 0.717) is 11.4 Å². The summed E-state index contributed by atoms with van der Waals surface area (Å²) < 4.78 is 4.68. The molecule has 1 aromatic heterocycles. The van der Waals surface area contributed by atoms with E-state index in [-0.39, 0.29) is 5.97 Å². The van der Waals surface area contributed by atoms with Gasteiger partial charge in [0.05, 0.1) is 7.11 Å². The first-order valence-electron chi connectivity index (χ1n) is 5.22. The Labute approximate surface area is 104 Å². The van der Waals surface area contributed by atoms with Crippen molar-refractivity contribution < 1.29 is 9.53 Å². The topological polar surface area (TPSA) is 52.3 Å². The zero-order valence-electron chi connectivity index (χ0n) is 9.47. The van der Waals surface area contributed by atoms with Crippen molar-refractivity contribution in [2.75, 3.05) is 7.11 Å². The first-order chi connectivity index (χ1) is 8.24. The molecule has 88 valence electrons. The summed E-state index contributed by atoms with van der Waals surface area (Å²) in [6, 6.07) is 11.7. The quantitative estimate of drug-likeness (QED) is 0.848. The van der Waals surface area contributed by atoms with Crippen molar-refractivity contribution in [3.05, 3.63) is 46.8 Å². The Kier molecular flexibility index (Phi) is 3.56. The second-order valence-corrected chi connectivity index (χ2v) is 4.64. The van der Waals surface area contributed by atoms with Crippen LogP contribution in [-0.4, -0.2) is 13.1 Å². The van der Waals surface area contributed by atoms with Crippen LogP contribution in [0.2, 0.25) is 0 Å². The van der Waals surface area contributed by atoms with Crippen LogP contribution in [0.3, 0.4) is 0 Å². The van der Waals surface area contributed by atoms with Crippen LogP contribution in [-0.2, 0) is 11.3 Å². The van der Waals surface area contributed by atoms with Crippen molar-refractivity contribution in [3.63, 3.8) is 0 Å². The molecule has 17 heavy (non-hydrogen) atoms. The molecule has 0 radical (unpaired) electrons. The number of esters is 1. The van der Waals surface area contributed by atoms with Crippen molar-refractivity contribution in [1.82, 2.24) is 0 Å². The number of hydrogen-bond donors (Lipinski definition) is 1. The highest BCUT2D eigenvalue weighted by atomic mass is 32.1. The van der Waals surface area contributed by atoms with E-state index in [9.17, 15) is 4.79 Å². The fraction of sp³-hybridized carbons (Fsp3) is 0.154. The molecular weight excluding hydrogens is 234 g/mol.